The van der Waals surface area contributed by atoms with Gasteiger partial charge in [-0.25, -0.2) is 0 Å². The molecule has 1 aliphatic heterocycles. The summed E-state index contributed by atoms with van der Waals surface area (Å²) < 4.78 is 0. The predicted molar refractivity (Wildman–Crippen MR) is 132 cm³/mol. The fourth-order valence-electron chi connectivity index (χ4n) is 3.84. The molecule has 0 aromatic heterocycles. The minimum atomic E-state index is 0.660. The normalized spacial score (nSPS) is 14.8. The van der Waals surface area contributed by atoms with E-state index >= 15 is 0 Å². The van der Waals surface area contributed by atoms with E-state index in [0.717, 1.165) is 50.7 Å². The Morgan fingerprint density at radius 2 is 1.90 bits per heavy atom. The molecule has 0 atom stereocenters. The first-order valence-electron chi connectivity index (χ1n) is 9.58. The summed E-state index contributed by atoms with van der Waals surface area (Å²) in [5.41, 5.74) is 14.3. The highest BCUT2D eigenvalue weighted by molar-refractivity contribution is 6.30. The van der Waals surface area contributed by atoms with Crippen molar-refractivity contribution < 1.29 is 0 Å². The molecule has 4 nitrogen and oxygen atoms in total. The first-order valence-corrected chi connectivity index (χ1v) is 9.96. The van der Waals surface area contributed by atoms with Crippen molar-refractivity contribution in [1.82, 2.24) is 0 Å². The monoisotopic (exact) mass is 418 g/mol. The van der Waals surface area contributed by atoms with Gasteiger partial charge in [0.25, 0.3) is 0 Å². The molecule has 0 radical (unpaired) electrons. The van der Waals surface area contributed by atoms with Gasteiger partial charge in [0, 0.05) is 53.6 Å². The smallest absolute Gasteiger partial charge is 0.110 e. The third kappa shape index (κ3) is 3.55. The van der Waals surface area contributed by atoms with Crippen LogP contribution in [0.25, 0.3) is 11.3 Å². The largest absolute Gasteiger partial charge is 0.402 e. The van der Waals surface area contributed by atoms with Crippen molar-refractivity contribution in [3.8, 4) is 0 Å². The number of rotatable bonds is 4. The molecule has 2 aromatic carbocycles. The van der Waals surface area contributed by atoms with Crippen molar-refractivity contribution in [3.05, 3.63) is 94.9 Å². The SMILES string of the molecule is C=C(C(C=NC)=C(C)N)c1ccc2c(c1C)C(=C)N(c1cccc(Cl)c1)C(=C)N2C. The van der Waals surface area contributed by atoms with Gasteiger partial charge in [0.15, 0.2) is 0 Å². The highest BCUT2D eigenvalue weighted by Crippen LogP contribution is 2.44. The predicted octanol–water partition coefficient (Wildman–Crippen LogP) is 5.99. The molecule has 3 rings (SSSR count). The highest BCUT2D eigenvalue weighted by Gasteiger charge is 2.30. The second-order valence-corrected chi connectivity index (χ2v) is 7.77. The van der Waals surface area contributed by atoms with Gasteiger partial charge in [-0.05, 0) is 54.8 Å². The zero-order valence-corrected chi connectivity index (χ0v) is 18.7. The van der Waals surface area contributed by atoms with E-state index in [1.807, 2.05) is 43.1 Å². The van der Waals surface area contributed by atoms with Crippen LogP contribution in [0, 0.1) is 6.92 Å². The summed E-state index contributed by atoms with van der Waals surface area (Å²) in [5.74, 6) is 0.803. The Balaban J connectivity index is 2.19. The van der Waals surface area contributed by atoms with E-state index in [1.165, 1.54) is 0 Å². The van der Waals surface area contributed by atoms with Crippen LogP contribution in [-0.4, -0.2) is 20.3 Å². The fourth-order valence-corrected chi connectivity index (χ4v) is 4.02. The van der Waals surface area contributed by atoms with Gasteiger partial charge in [-0.3, -0.25) is 9.89 Å². The zero-order chi connectivity index (χ0) is 22.2. The quantitative estimate of drug-likeness (QED) is 0.489. The third-order valence-corrected chi connectivity index (χ3v) is 5.64. The zero-order valence-electron chi connectivity index (χ0n) is 18.0. The Morgan fingerprint density at radius 3 is 2.50 bits per heavy atom. The van der Waals surface area contributed by atoms with Gasteiger partial charge in [-0.15, -0.1) is 0 Å². The lowest BCUT2D eigenvalue weighted by atomic mass is 9.89. The number of nitrogens with two attached hydrogens (primary N) is 1. The lowest BCUT2D eigenvalue weighted by molar-refractivity contribution is 0.988. The van der Waals surface area contributed by atoms with E-state index in [4.69, 9.17) is 17.3 Å². The summed E-state index contributed by atoms with van der Waals surface area (Å²) in [4.78, 5) is 8.21. The van der Waals surface area contributed by atoms with Crippen molar-refractivity contribution in [2.75, 3.05) is 23.9 Å². The Morgan fingerprint density at radius 1 is 1.20 bits per heavy atom. The van der Waals surface area contributed by atoms with Crippen LogP contribution in [0.5, 0.6) is 0 Å². The molecule has 2 N–H and O–H groups in total. The van der Waals surface area contributed by atoms with Crippen LogP contribution in [0.2, 0.25) is 5.02 Å². The maximum Gasteiger partial charge on any atom is 0.110 e. The summed E-state index contributed by atoms with van der Waals surface area (Å²) >= 11 is 6.25. The number of nitrogens with zero attached hydrogens (tertiary/aromatic N) is 3. The number of halogens is 1. The van der Waals surface area contributed by atoms with Crippen LogP contribution in [0.1, 0.15) is 23.6 Å². The van der Waals surface area contributed by atoms with E-state index in [2.05, 4.69) is 48.7 Å². The van der Waals surface area contributed by atoms with Gasteiger partial charge in [0.1, 0.15) is 5.82 Å². The molecule has 0 saturated heterocycles. The van der Waals surface area contributed by atoms with E-state index in [-0.39, 0.29) is 0 Å². The molecular formula is C25H27ClN4. The Labute approximate surface area is 184 Å². The molecule has 1 aliphatic rings. The summed E-state index contributed by atoms with van der Waals surface area (Å²) in [6.07, 6.45) is 1.75. The van der Waals surface area contributed by atoms with Crippen LogP contribution in [-0.2, 0) is 0 Å². The highest BCUT2D eigenvalue weighted by atomic mass is 35.5. The molecule has 1 heterocycles. The second-order valence-electron chi connectivity index (χ2n) is 7.33. The number of anilines is 2. The average molecular weight is 419 g/mol. The Kier molecular flexibility index (Phi) is 5.90. The van der Waals surface area contributed by atoms with Gasteiger partial charge in [-0.2, -0.15) is 0 Å². The second kappa shape index (κ2) is 8.25. The minimum Gasteiger partial charge on any atom is -0.402 e. The average Bonchev–Trinajstić information content (AvgIpc) is 2.69. The molecule has 30 heavy (non-hydrogen) atoms. The van der Waals surface area contributed by atoms with E-state index in [1.54, 1.807) is 13.3 Å². The van der Waals surface area contributed by atoms with E-state index in [9.17, 15) is 0 Å². The number of hydrogen-bond acceptors (Lipinski definition) is 4. The number of benzene rings is 2. The molecule has 2 aromatic rings. The lowest BCUT2D eigenvalue weighted by Gasteiger charge is -2.41. The molecule has 5 heteroatoms. The van der Waals surface area contributed by atoms with Gasteiger partial charge < -0.3 is 10.6 Å². The molecule has 0 amide bonds. The van der Waals surface area contributed by atoms with Gasteiger partial charge >= 0.3 is 0 Å². The van der Waals surface area contributed by atoms with Crippen LogP contribution in [0.3, 0.4) is 0 Å². The first kappa shape index (κ1) is 21.5. The van der Waals surface area contributed by atoms with Crippen molar-refractivity contribution >= 4 is 40.5 Å². The Hall–Kier alpha value is -3.24. The van der Waals surface area contributed by atoms with Gasteiger partial charge in [0.2, 0.25) is 0 Å². The Bertz CT molecular complexity index is 1120. The van der Waals surface area contributed by atoms with Crippen molar-refractivity contribution in [1.29, 1.82) is 0 Å². The number of hydrogen-bond donors (Lipinski definition) is 1. The van der Waals surface area contributed by atoms with Gasteiger partial charge in [-0.1, -0.05) is 43.5 Å². The van der Waals surface area contributed by atoms with Crippen LogP contribution < -0.4 is 15.5 Å². The summed E-state index contributed by atoms with van der Waals surface area (Å²) in [5, 5.41) is 0.660. The topological polar surface area (TPSA) is 44.9 Å². The molecule has 0 unspecified atom stereocenters. The lowest BCUT2D eigenvalue weighted by Crippen LogP contribution is -2.36. The minimum absolute atomic E-state index is 0.660. The maximum absolute atomic E-state index is 6.25. The van der Waals surface area contributed by atoms with E-state index in [0.29, 0.717) is 10.7 Å². The van der Waals surface area contributed by atoms with Crippen LogP contribution in [0.15, 0.2) is 78.2 Å². The molecular weight excluding hydrogens is 392 g/mol. The molecule has 154 valence electrons. The fraction of sp³-hybridized carbons (Fsp3) is 0.160. The first-order chi connectivity index (χ1) is 14.2. The van der Waals surface area contributed by atoms with Crippen LogP contribution in [0.4, 0.5) is 11.4 Å². The standard InChI is InChI=1S/C25H27ClN4/c1-15(23(14-28-6)17(3)27)22-11-12-24-25(16(22)2)18(4)30(19(5)29(24)7)21-10-8-9-20(26)13-21/h8-14H,1,4-5,27H2,2-3,6-7H3. The van der Waals surface area contributed by atoms with Crippen molar-refractivity contribution in [2.24, 2.45) is 10.7 Å². The number of fused-ring (bicyclic) bond motifs is 1. The third-order valence-electron chi connectivity index (χ3n) is 5.41. The summed E-state index contributed by atoms with van der Waals surface area (Å²) in [6.45, 7) is 16.9. The maximum atomic E-state index is 6.25. The van der Waals surface area contributed by atoms with Crippen molar-refractivity contribution in [2.45, 2.75) is 13.8 Å². The molecule has 0 spiro atoms. The molecule has 0 aliphatic carbocycles. The number of aliphatic imine (C=N–C) groups is 1. The van der Waals surface area contributed by atoms with Crippen LogP contribution >= 0.6 is 11.6 Å². The molecule has 0 fully saturated rings. The summed E-state index contributed by atoms with van der Waals surface area (Å²) in [7, 11) is 3.72. The molecule has 0 bridgehead atoms. The number of allylic oxidation sites excluding steroid dienone is 3. The van der Waals surface area contributed by atoms with E-state index < -0.39 is 0 Å². The van der Waals surface area contributed by atoms with Crippen molar-refractivity contribution in [3.63, 3.8) is 0 Å². The molecule has 0 saturated carbocycles. The summed E-state index contributed by atoms with van der Waals surface area (Å²) in [6, 6.07) is 11.8. The van der Waals surface area contributed by atoms with Gasteiger partial charge in [0.05, 0.1) is 5.69 Å².